The molecule has 1 spiro atoms. The van der Waals surface area contributed by atoms with Crippen molar-refractivity contribution in [1.82, 2.24) is 34.6 Å². The molecule has 12 rings (SSSR count). The van der Waals surface area contributed by atoms with Crippen LogP contribution in [0.2, 0.25) is 0 Å². The monoisotopic (exact) mass is 979 g/mol. The van der Waals surface area contributed by atoms with E-state index in [2.05, 4.69) is 68.0 Å². The minimum atomic E-state index is -1.56. The Morgan fingerprint density at radius 1 is 0.792 bits per heavy atom. The van der Waals surface area contributed by atoms with Crippen molar-refractivity contribution < 1.29 is 29.1 Å². The number of anilines is 3. The van der Waals surface area contributed by atoms with Gasteiger partial charge in [0.1, 0.15) is 11.1 Å². The summed E-state index contributed by atoms with van der Waals surface area (Å²) in [6, 6.07) is 17.8. The molecule has 8 heterocycles. The zero-order valence-corrected chi connectivity index (χ0v) is 42.0. The summed E-state index contributed by atoms with van der Waals surface area (Å²) >= 11 is 0. The maximum atomic E-state index is 15.2. The SMILES string of the molecule is CC(C)n1cnc2cc(-c3ccc4c(c3)N(C3CC(N5CCCCC5)C3)C(=O)C43CCN(C(=O)C4(O)CCN(C(=O)C5CCN(c6ccc(C7CCC(=O)NC7=O)cc6)CC5)CC4)CC3)nc(NC3CC3)c21. The van der Waals surface area contributed by atoms with Gasteiger partial charge in [-0.1, -0.05) is 30.7 Å². The highest BCUT2D eigenvalue weighted by Gasteiger charge is 2.57. The molecule has 3 N–H and O–H groups in total. The first-order valence-corrected chi connectivity index (χ1v) is 27.2. The molecule has 8 aliphatic rings. The van der Waals surface area contributed by atoms with Gasteiger partial charge in [0.15, 0.2) is 5.82 Å². The topological polar surface area (TPSA) is 177 Å². The highest BCUT2D eigenvalue weighted by Crippen LogP contribution is 2.52. The van der Waals surface area contributed by atoms with E-state index in [1.54, 1.807) is 4.90 Å². The number of pyridine rings is 1. The van der Waals surface area contributed by atoms with E-state index in [9.17, 15) is 24.3 Å². The number of likely N-dealkylation sites (tertiary alicyclic amines) is 3. The highest BCUT2D eigenvalue weighted by molar-refractivity contribution is 6.10. The Morgan fingerprint density at radius 2 is 1.50 bits per heavy atom. The van der Waals surface area contributed by atoms with Crippen LogP contribution >= 0.6 is 0 Å². The van der Waals surface area contributed by atoms with E-state index in [-0.39, 0.29) is 66.3 Å². The summed E-state index contributed by atoms with van der Waals surface area (Å²) in [6.07, 6.45) is 13.4. The molecule has 16 heteroatoms. The van der Waals surface area contributed by atoms with E-state index in [0.29, 0.717) is 76.8 Å². The molecule has 7 fully saturated rings. The third kappa shape index (κ3) is 8.43. The second-order valence-electron chi connectivity index (χ2n) is 22.8. The average molecular weight is 979 g/mol. The number of hydrogen-bond donors (Lipinski definition) is 3. The number of hydrogen-bond acceptors (Lipinski definition) is 11. The van der Waals surface area contributed by atoms with Crippen molar-refractivity contribution >= 4 is 57.8 Å². The summed E-state index contributed by atoms with van der Waals surface area (Å²) in [6.45, 7) is 9.43. The number of nitrogens with one attached hydrogen (secondary N) is 2. The van der Waals surface area contributed by atoms with Gasteiger partial charge in [0.05, 0.1) is 28.9 Å². The van der Waals surface area contributed by atoms with Gasteiger partial charge in [0, 0.05) is 106 Å². The summed E-state index contributed by atoms with van der Waals surface area (Å²) < 4.78 is 2.18. The van der Waals surface area contributed by atoms with Gasteiger partial charge < -0.3 is 39.5 Å². The second-order valence-corrected chi connectivity index (χ2v) is 22.8. The molecule has 1 atom stereocenters. The minimum Gasteiger partial charge on any atom is -0.380 e. The molecular weight excluding hydrogens is 909 g/mol. The van der Waals surface area contributed by atoms with E-state index < -0.39 is 11.0 Å². The molecule has 5 amide bonds. The van der Waals surface area contributed by atoms with Gasteiger partial charge in [-0.05, 0) is 133 Å². The summed E-state index contributed by atoms with van der Waals surface area (Å²) in [5.74, 6) is -0.124. The number of benzene rings is 2. The van der Waals surface area contributed by atoms with Crippen molar-refractivity contribution in [3.05, 3.63) is 66.0 Å². The van der Waals surface area contributed by atoms with Gasteiger partial charge in [-0.2, -0.15) is 0 Å². The van der Waals surface area contributed by atoms with Crippen LogP contribution in [0, 0.1) is 5.92 Å². The summed E-state index contributed by atoms with van der Waals surface area (Å²) in [7, 11) is 0. The van der Waals surface area contributed by atoms with Crippen LogP contribution < -0.4 is 20.4 Å². The number of piperidine rings is 5. The molecular formula is C56H70N10O6. The van der Waals surface area contributed by atoms with Crippen LogP contribution in [0.5, 0.6) is 0 Å². The van der Waals surface area contributed by atoms with Gasteiger partial charge in [0.2, 0.25) is 23.6 Å². The fourth-order valence-electron chi connectivity index (χ4n) is 13.3. The lowest BCUT2D eigenvalue weighted by Gasteiger charge is -2.48. The summed E-state index contributed by atoms with van der Waals surface area (Å²) in [5.41, 5.74) is 5.31. The number of rotatable bonds is 10. The van der Waals surface area contributed by atoms with Crippen molar-refractivity contribution in [2.45, 2.75) is 151 Å². The van der Waals surface area contributed by atoms with Crippen molar-refractivity contribution in [2.75, 3.05) is 67.5 Å². The molecule has 1 unspecified atom stereocenters. The number of imide groups is 1. The van der Waals surface area contributed by atoms with E-state index in [0.717, 1.165) is 102 Å². The number of imidazole rings is 1. The van der Waals surface area contributed by atoms with Crippen LogP contribution in [-0.4, -0.2) is 140 Å². The molecule has 6 aliphatic heterocycles. The van der Waals surface area contributed by atoms with Crippen molar-refractivity contribution in [1.29, 1.82) is 0 Å². The van der Waals surface area contributed by atoms with Crippen molar-refractivity contribution in [2.24, 2.45) is 5.92 Å². The minimum absolute atomic E-state index is 0.0886. The predicted octanol–water partition coefficient (Wildman–Crippen LogP) is 6.27. The molecule has 4 aromatic rings. The number of nitrogens with zero attached hydrogens (tertiary/aromatic N) is 8. The van der Waals surface area contributed by atoms with Crippen molar-refractivity contribution in [3.8, 4) is 11.3 Å². The lowest BCUT2D eigenvalue weighted by molar-refractivity contribution is -0.161. The number of carbonyl (C=O) groups excluding carboxylic acids is 5. The Balaban J connectivity index is 0.705. The molecule has 5 saturated heterocycles. The molecule has 16 nitrogen and oxygen atoms in total. The van der Waals surface area contributed by atoms with Crippen LogP contribution in [-0.2, 0) is 29.4 Å². The lowest BCUT2D eigenvalue weighted by Crippen LogP contribution is -2.60. The van der Waals surface area contributed by atoms with Gasteiger partial charge in [-0.25, -0.2) is 9.97 Å². The number of aromatic nitrogens is 3. The van der Waals surface area contributed by atoms with Crippen LogP contribution in [0.25, 0.3) is 22.3 Å². The Bertz CT molecular complexity index is 2770. The fourth-order valence-corrected chi connectivity index (χ4v) is 13.3. The fraction of sp³-hybridized carbons (Fsp3) is 0.589. The van der Waals surface area contributed by atoms with E-state index in [1.165, 1.54) is 19.3 Å². The molecule has 2 aromatic heterocycles. The summed E-state index contributed by atoms with van der Waals surface area (Å²) in [4.78, 5) is 88.2. The molecule has 2 aliphatic carbocycles. The van der Waals surface area contributed by atoms with E-state index in [1.807, 2.05) is 35.5 Å². The third-order valence-corrected chi connectivity index (χ3v) is 18.0. The van der Waals surface area contributed by atoms with Gasteiger partial charge >= 0.3 is 0 Å². The van der Waals surface area contributed by atoms with Crippen LogP contribution in [0.15, 0.2) is 54.9 Å². The van der Waals surface area contributed by atoms with Gasteiger partial charge in [0.25, 0.3) is 5.91 Å². The first-order valence-electron chi connectivity index (χ1n) is 27.2. The second kappa shape index (κ2) is 18.6. The third-order valence-electron chi connectivity index (χ3n) is 18.0. The van der Waals surface area contributed by atoms with Crippen molar-refractivity contribution in [3.63, 3.8) is 0 Å². The standard InChI is InChI=1S/C56H70N10O6/c1-35(2)65-34-57-46-33-45(59-50(49(46)65)58-39-9-10-39)38-8-14-44-47(30-38)66(42-31-41(32-42)61-22-4-3-5-23-61)53(70)55(44)18-26-64(27-19-55)54(71)56(72)20-28-63(29-21-56)52(69)37-16-24-62(25-17-37)40-11-6-36(7-12-40)43-13-15-48(67)60-51(43)68/h6-8,11-12,14,30,33-35,37,39,41-43,72H,3-5,9-10,13,15-29,31-32H2,1-2H3,(H,58,59)(H,60,67,68). The van der Waals surface area contributed by atoms with Crippen LogP contribution in [0.4, 0.5) is 17.2 Å². The quantitative estimate of drug-likeness (QED) is 0.153. The lowest BCUT2D eigenvalue weighted by atomic mass is 9.73. The normalized spacial score (nSPS) is 25.8. The Labute approximate surface area is 421 Å². The summed E-state index contributed by atoms with van der Waals surface area (Å²) in [5, 5.41) is 18.1. The number of amides is 5. The van der Waals surface area contributed by atoms with Gasteiger partial charge in [-0.15, -0.1) is 0 Å². The molecule has 0 radical (unpaired) electrons. The van der Waals surface area contributed by atoms with E-state index in [4.69, 9.17) is 9.97 Å². The Kier molecular flexibility index (Phi) is 12.2. The molecule has 72 heavy (non-hydrogen) atoms. The Hall–Kier alpha value is -5.87. The number of fused-ring (bicyclic) bond motifs is 3. The number of carbonyl (C=O) groups is 5. The van der Waals surface area contributed by atoms with Crippen LogP contribution in [0.1, 0.15) is 133 Å². The average Bonchev–Trinajstić information content (AvgIpc) is 4.05. The zero-order valence-electron chi connectivity index (χ0n) is 42.0. The first-order chi connectivity index (χ1) is 34.9. The largest absolute Gasteiger partial charge is 0.380 e. The maximum absolute atomic E-state index is 15.2. The molecule has 0 bridgehead atoms. The van der Waals surface area contributed by atoms with Crippen LogP contribution in [0.3, 0.4) is 0 Å². The Morgan fingerprint density at radius 3 is 2.18 bits per heavy atom. The van der Waals surface area contributed by atoms with Gasteiger partial charge in [-0.3, -0.25) is 29.3 Å². The number of aliphatic hydroxyl groups is 1. The molecule has 2 saturated carbocycles. The maximum Gasteiger partial charge on any atom is 0.254 e. The zero-order chi connectivity index (χ0) is 49.5. The highest BCUT2D eigenvalue weighted by atomic mass is 16.3. The molecule has 380 valence electrons. The smallest absolute Gasteiger partial charge is 0.254 e. The predicted molar refractivity (Wildman–Crippen MR) is 274 cm³/mol. The first kappa shape index (κ1) is 47.2. The van der Waals surface area contributed by atoms with E-state index >= 15 is 4.79 Å². The molecule has 2 aromatic carbocycles.